The van der Waals surface area contributed by atoms with Crippen LogP contribution in [0.2, 0.25) is 0 Å². The summed E-state index contributed by atoms with van der Waals surface area (Å²) in [4.78, 5) is 30.0. The van der Waals surface area contributed by atoms with Crippen LogP contribution in [-0.2, 0) is 16.1 Å². The fraction of sp³-hybridized carbons (Fsp3) is 0.478. The number of carbonyl (C=O) groups excluding carboxylic acids is 1. The molecule has 0 saturated heterocycles. The zero-order valence-corrected chi connectivity index (χ0v) is 19.5. The van der Waals surface area contributed by atoms with Crippen LogP contribution in [0.25, 0.3) is 0 Å². The molecule has 0 aromatic carbocycles. The van der Waals surface area contributed by atoms with Crippen LogP contribution in [0.1, 0.15) is 32.6 Å². The maximum Gasteiger partial charge on any atom is 0.274 e. The van der Waals surface area contributed by atoms with E-state index in [1.165, 1.54) is 5.01 Å². The Labute approximate surface area is 197 Å². The number of amidine groups is 1. The first kappa shape index (κ1) is 23.7. The van der Waals surface area contributed by atoms with Crippen molar-refractivity contribution in [1.82, 2.24) is 20.2 Å². The third kappa shape index (κ3) is 5.20. The Bertz CT molecular complexity index is 1100. The fourth-order valence-corrected chi connectivity index (χ4v) is 3.68. The van der Waals surface area contributed by atoms with Crippen LogP contribution in [0.5, 0.6) is 0 Å². The lowest BCUT2D eigenvalue weighted by molar-refractivity contribution is -0.120. The second-order valence-electron chi connectivity index (χ2n) is 8.53. The van der Waals surface area contributed by atoms with Crippen molar-refractivity contribution in [3.8, 4) is 0 Å². The van der Waals surface area contributed by atoms with E-state index in [4.69, 9.17) is 4.74 Å². The van der Waals surface area contributed by atoms with E-state index in [0.29, 0.717) is 54.4 Å². The molecule has 0 bridgehead atoms. The van der Waals surface area contributed by atoms with E-state index in [1.54, 1.807) is 42.9 Å². The molecule has 1 unspecified atom stereocenters. The lowest BCUT2D eigenvalue weighted by Crippen LogP contribution is -2.51. The fourth-order valence-electron chi connectivity index (χ4n) is 3.68. The van der Waals surface area contributed by atoms with Crippen molar-refractivity contribution >= 4 is 24.1 Å². The van der Waals surface area contributed by atoms with Crippen LogP contribution in [0.4, 0.5) is 5.69 Å². The van der Waals surface area contributed by atoms with Crippen LogP contribution in [-0.4, -0.2) is 65.0 Å². The number of aliphatic hydroxyl groups excluding tert-OH is 1. The smallest absolute Gasteiger partial charge is 0.274 e. The molecular formula is C23H31N7O4. The number of anilines is 1. The number of nitrogens with zero attached hydrogens (tertiary/aromatic N) is 4. The highest BCUT2D eigenvalue weighted by Gasteiger charge is 2.32. The highest BCUT2D eigenvalue weighted by Crippen LogP contribution is 2.23. The average Bonchev–Trinajstić information content (AvgIpc) is 3.67. The zero-order valence-electron chi connectivity index (χ0n) is 19.5. The number of nitrogens with one attached hydrogen (secondary N) is 3. The molecule has 11 nitrogen and oxygen atoms in total. The lowest BCUT2D eigenvalue weighted by Gasteiger charge is -2.34. The van der Waals surface area contributed by atoms with Crippen molar-refractivity contribution < 1.29 is 14.6 Å². The Morgan fingerprint density at radius 1 is 1.35 bits per heavy atom. The number of rotatable bonds is 9. The van der Waals surface area contributed by atoms with Gasteiger partial charge in [0.25, 0.3) is 11.5 Å². The Balaban J connectivity index is 1.54. The number of hydrogen-bond donors (Lipinski definition) is 4. The molecule has 0 spiro atoms. The van der Waals surface area contributed by atoms with Crippen molar-refractivity contribution in [3.05, 3.63) is 52.0 Å². The Hall–Kier alpha value is -3.44. The summed E-state index contributed by atoms with van der Waals surface area (Å²) in [5.41, 5.74) is 0.507. The first-order chi connectivity index (χ1) is 16.4. The zero-order chi connectivity index (χ0) is 24.2. The summed E-state index contributed by atoms with van der Waals surface area (Å²) in [6.45, 7) is 6.18. The van der Waals surface area contributed by atoms with Crippen molar-refractivity contribution in [2.24, 2.45) is 10.1 Å². The third-order valence-corrected chi connectivity index (χ3v) is 6.08. The van der Waals surface area contributed by atoms with Gasteiger partial charge in [-0.3, -0.25) is 14.6 Å². The quantitative estimate of drug-likeness (QED) is 0.309. The first-order valence-corrected chi connectivity index (χ1v) is 11.4. The summed E-state index contributed by atoms with van der Waals surface area (Å²) in [6.07, 6.45) is 6.77. The number of ether oxygens (including phenoxy) is 1. The Morgan fingerprint density at radius 2 is 2.15 bits per heavy atom. The van der Waals surface area contributed by atoms with Crippen LogP contribution in [0.3, 0.4) is 0 Å². The summed E-state index contributed by atoms with van der Waals surface area (Å²) in [7, 11) is 1.60. The second-order valence-corrected chi connectivity index (χ2v) is 8.53. The van der Waals surface area contributed by atoms with Gasteiger partial charge in [-0.25, -0.2) is 0 Å². The molecule has 2 atom stereocenters. The summed E-state index contributed by atoms with van der Waals surface area (Å²) >= 11 is 0. The van der Waals surface area contributed by atoms with Gasteiger partial charge in [-0.1, -0.05) is 0 Å². The molecule has 4 rings (SSSR count). The van der Waals surface area contributed by atoms with Gasteiger partial charge >= 0.3 is 0 Å². The molecule has 3 aliphatic rings. The molecule has 2 fully saturated rings. The minimum absolute atomic E-state index is 0.192. The van der Waals surface area contributed by atoms with Crippen molar-refractivity contribution in [3.63, 3.8) is 0 Å². The summed E-state index contributed by atoms with van der Waals surface area (Å²) < 4.78 is 7.26. The van der Waals surface area contributed by atoms with Gasteiger partial charge in [0.05, 0.1) is 30.4 Å². The Kier molecular flexibility index (Phi) is 7.13. The molecule has 1 amide bonds. The number of amides is 1. The maximum absolute atomic E-state index is 12.9. The summed E-state index contributed by atoms with van der Waals surface area (Å²) in [5.74, 6) is 0.891. The molecule has 1 aromatic heterocycles. The van der Waals surface area contributed by atoms with Crippen LogP contribution >= 0.6 is 0 Å². The molecule has 2 saturated carbocycles. The van der Waals surface area contributed by atoms with E-state index in [9.17, 15) is 14.7 Å². The van der Waals surface area contributed by atoms with Crippen molar-refractivity contribution in [1.29, 1.82) is 0 Å². The van der Waals surface area contributed by atoms with Crippen LogP contribution in [0, 0.1) is 0 Å². The molecule has 182 valence electrons. The number of aromatic nitrogens is 1. The normalized spacial score (nSPS) is 24.6. The SMILES string of the molecule is C=NN1C(=NC)C=C(Nc2cccn(CCOC3CC3)c2=O)N/C1=C(/C)C(=O)NC1CC[C@H]1O. The standard InChI is InChI=1S/C23H31N7O4/c1-14(22(32)27-16-8-9-18(16)31)21-28-19(13-20(24-2)30(21)25-3)26-17-5-4-10-29(23(17)33)11-12-34-15-6-7-15/h4-5,10,13,15-16,18,26,28,31H,3,6-9,11-12H2,1-2H3,(H,27,32)/b21-14+,24-20?/t16?,18-/m1/s1. The highest BCUT2D eigenvalue weighted by molar-refractivity contribution is 5.99. The van der Waals surface area contributed by atoms with E-state index in [1.807, 2.05) is 0 Å². The van der Waals surface area contributed by atoms with Gasteiger partial charge in [-0.2, -0.15) is 10.1 Å². The van der Waals surface area contributed by atoms with Gasteiger partial charge < -0.3 is 30.4 Å². The monoisotopic (exact) mass is 469 g/mol. The van der Waals surface area contributed by atoms with Gasteiger partial charge in [-0.15, -0.1) is 0 Å². The lowest BCUT2D eigenvalue weighted by atomic mass is 9.89. The molecule has 4 N–H and O–H groups in total. The van der Waals surface area contributed by atoms with Crippen molar-refractivity contribution in [2.45, 2.75) is 57.4 Å². The van der Waals surface area contributed by atoms with Crippen LogP contribution in [0.15, 0.2) is 56.5 Å². The molecule has 11 heteroatoms. The minimum Gasteiger partial charge on any atom is -0.391 e. The van der Waals surface area contributed by atoms with Crippen molar-refractivity contribution in [2.75, 3.05) is 19.0 Å². The second kappa shape index (κ2) is 10.2. The molecule has 34 heavy (non-hydrogen) atoms. The minimum atomic E-state index is -0.533. The van der Waals surface area contributed by atoms with Gasteiger partial charge in [0.2, 0.25) is 0 Å². The average molecular weight is 470 g/mol. The van der Waals surface area contributed by atoms with E-state index in [0.717, 1.165) is 19.3 Å². The molecule has 2 aliphatic carbocycles. The number of aliphatic imine (C=N–C) groups is 1. The summed E-state index contributed by atoms with van der Waals surface area (Å²) in [5, 5.41) is 24.3. The number of aliphatic hydroxyl groups is 1. The topological polar surface area (TPSA) is 133 Å². The number of hydrazone groups is 1. The number of hydrogen-bond acceptors (Lipinski definition) is 8. The van der Waals surface area contributed by atoms with Gasteiger partial charge in [0.1, 0.15) is 17.3 Å². The Morgan fingerprint density at radius 3 is 2.76 bits per heavy atom. The number of carbonyl (C=O) groups is 1. The molecule has 1 aromatic rings. The maximum atomic E-state index is 12.9. The summed E-state index contributed by atoms with van der Waals surface area (Å²) in [6, 6.07) is 3.21. The predicted octanol–water partition coefficient (Wildman–Crippen LogP) is 0.701. The first-order valence-electron chi connectivity index (χ1n) is 11.4. The predicted molar refractivity (Wildman–Crippen MR) is 129 cm³/mol. The molecular weight excluding hydrogens is 438 g/mol. The van der Waals surface area contributed by atoms with Gasteiger partial charge in [0.15, 0.2) is 5.84 Å². The van der Waals surface area contributed by atoms with E-state index < -0.39 is 6.10 Å². The van der Waals surface area contributed by atoms with E-state index >= 15 is 0 Å². The molecule has 1 aliphatic heterocycles. The van der Waals surface area contributed by atoms with E-state index in [-0.39, 0.29) is 17.5 Å². The third-order valence-electron chi connectivity index (χ3n) is 6.08. The number of pyridine rings is 1. The molecule has 2 heterocycles. The van der Waals surface area contributed by atoms with E-state index in [2.05, 4.69) is 32.8 Å². The van der Waals surface area contributed by atoms with Gasteiger partial charge in [0, 0.05) is 32.6 Å². The molecule has 0 radical (unpaired) electrons. The van der Waals surface area contributed by atoms with Crippen LogP contribution < -0.4 is 21.5 Å². The van der Waals surface area contributed by atoms with Gasteiger partial charge in [-0.05, 0) is 44.7 Å². The highest BCUT2D eigenvalue weighted by atomic mass is 16.5. The largest absolute Gasteiger partial charge is 0.391 e.